The van der Waals surface area contributed by atoms with E-state index in [9.17, 15) is 0 Å². The average molecular weight is 249 g/mol. The van der Waals surface area contributed by atoms with E-state index in [-0.39, 0.29) is 0 Å². The molecule has 2 rings (SSSR count). The Bertz CT molecular complexity index is 351. The van der Waals surface area contributed by atoms with Gasteiger partial charge in [0.05, 0.1) is 6.10 Å². The van der Waals surface area contributed by atoms with Crippen molar-refractivity contribution in [2.75, 3.05) is 18.5 Å². The van der Waals surface area contributed by atoms with Gasteiger partial charge >= 0.3 is 0 Å². The molecule has 4 nitrogen and oxygen atoms in total. The van der Waals surface area contributed by atoms with E-state index in [1.54, 1.807) is 0 Å². The van der Waals surface area contributed by atoms with Crippen molar-refractivity contribution in [3.8, 4) is 0 Å². The number of nitrogens with one attached hydrogen (secondary N) is 1. The van der Waals surface area contributed by atoms with Crippen molar-refractivity contribution >= 4 is 5.82 Å². The predicted molar refractivity (Wildman–Crippen MR) is 72.9 cm³/mol. The van der Waals surface area contributed by atoms with E-state index in [4.69, 9.17) is 4.74 Å². The van der Waals surface area contributed by atoms with Gasteiger partial charge in [0.2, 0.25) is 0 Å². The van der Waals surface area contributed by atoms with Crippen LogP contribution in [-0.2, 0) is 17.6 Å². The van der Waals surface area contributed by atoms with Crippen LogP contribution in [0.3, 0.4) is 0 Å². The predicted octanol–water partition coefficient (Wildman–Crippen LogP) is 2.58. The van der Waals surface area contributed by atoms with Crippen molar-refractivity contribution in [3.63, 3.8) is 0 Å². The summed E-state index contributed by atoms with van der Waals surface area (Å²) in [7, 11) is 0. The molecular formula is C14H23N3O. The fourth-order valence-corrected chi connectivity index (χ4v) is 2.31. The van der Waals surface area contributed by atoms with Gasteiger partial charge in [-0.25, -0.2) is 9.97 Å². The summed E-state index contributed by atoms with van der Waals surface area (Å²) in [6.07, 6.45) is 5.59. The largest absolute Gasteiger partial charge is 0.378 e. The highest BCUT2D eigenvalue weighted by molar-refractivity contribution is 5.36. The SMILES string of the molecule is CCCc1cc(NCC)nc(CC2CCCO2)n1. The van der Waals surface area contributed by atoms with Crippen LogP contribution in [0, 0.1) is 0 Å². The van der Waals surface area contributed by atoms with E-state index < -0.39 is 0 Å². The average Bonchev–Trinajstić information content (AvgIpc) is 2.82. The summed E-state index contributed by atoms with van der Waals surface area (Å²) in [4.78, 5) is 9.20. The molecule has 100 valence electrons. The molecule has 0 amide bonds. The first kappa shape index (κ1) is 13.3. The van der Waals surface area contributed by atoms with Gasteiger partial charge in [-0.05, 0) is 26.2 Å². The van der Waals surface area contributed by atoms with Gasteiger partial charge in [0, 0.05) is 31.3 Å². The van der Waals surface area contributed by atoms with Crippen LogP contribution in [0.2, 0.25) is 0 Å². The molecule has 4 heteroatoms. The molecule has 1 aliphatic rings. The fraction of sp³-hybridized carbons (Fsp3) is 0.714. The minimum absolute atomic E-state index is 0.316. The van der Waals surface area contributed by atoms with Crippen LogP contribution in [0.5, 0.6) is 0 Å². The zero-order valence-corrected chi connectivity index (χ0v) is 11.4. The molecule has 1 aromatic rings. The van der Waals surface area contributed by atoms with Crippen LogP contribution < -0.4 is 5.32 Å². The van der Waals surface area contributed by atoms with Gasteiger partial charge in [-0.1, -0.05) is 13.3 Å². The van der Waals surface area contributed by atoms with Crippen molar-refractivity contribution in [3.05, 3.63) is 17.6 Å². The number of nitrogens with zero attached hydrogens (tertiary/aromatic N) is 2. The molecule has 1 fully saturated rings. The molecular weight excluding hydrogens is 226 g/mol. The van der Waals surface area contributed by atoms with Crippen molar-refractivity contribution in [2.45, 2.75) is 52.1 Å². The number of anilines is 1. The number of aromatic nitrogens is 2. The second-order valence-electron chi connectivity index (χ2n) is 4.78. The summed E-state index contributed by atoms with van der Waals surface area (Å²) in [5.41, 5.74) is 1.14. The van der Waals surface area contributed by atoms with Crippen LogP contribution in [0.1, 0.15) is 44.6 Å². The van der Waals surface area contributed by atoms with Gasteiger partial charge in [-0.3, -0.25) is 0 Å². The highest BCUT2D eigenvalue weighted by atomic mass is 16.5. The van der Waals surface area contributed by atoms with Gasteiger partial charge < -0.3 is 10.1 Å². The molecule has 0 spiro atoms. The minimum atomic E-state index is 0.316. The lowest BCUT2D eigenvalue weighted by Gasteiger charge is -2.11. The molecule has 0 bridgehead atoms. The second-order valence-corrected chi connectivity index (χ2v) is 4.78. The van der Waals surface area contributed by atoms with E-state index in [1.165, 1.54) is 6.42 Å². The standard InChI is InChI=1S/C14H23N3O/c1-3-6-11-9-13(15-4-2)17-14(16-11)10-12-7-5-8-18-12/h9,12H,3-8,10H2,1-2H3,(H,15,16,17). The Morgan fingerprint density at radius 3 is 2.94 bits per heavy atom. The Balaban J connectivity index is 2.10. The normalized spacial score (nSPS) is 19.1. The minimum Gasteiger partial charge on any atom is -0.378 e. The maximum Gasteiger partial charge on any atom is 0.133 e. The Labute approximate surface area is 109 Å². The molecule has 0 aliphatic carbocycles. The van der Waals surface area contributed by atoms with Gasteiger partial charge in [-0.15, -0.1) is 0 Å². The van der Waals surface area contributed by atoms with Gasteiger partial charge in [0.1, 0.15) is 11.6 Å². The molecule has 0 radical (unpaired) electrons. The lowest BCUT2D eigenvalue weighted by Crippen LogP contribution is -2.14. The lowest BCUT2D eigenvalue weighted by atomic mass is 10.1. The summed E-state index contributed by atoms with van der Waals surface area (Å²) in [5, 5.41) is 3.28. The second kappa shape index (κ2) is 6.69. The van der Waals surface area contributed by atoms with E-state index in [0.29, 0.717) is 6.10 Å². The number of ether oxygens (including phenoxy) is 1. The van der Waals surface area contributed by atoms with Crippen LogP contribution in [0.25, 0.3) is 0 Å². The molecule has 1 saturated heterocycles. The van der Waals surface area contributed by atoms with Crippen LogP contribution in [-0.4, -0.2) is 29.2 Å². The monoisotopic (exact) mass is 249 g/mol. The molecule has 1 aromatic heterocycles. The number of hydrogen-bond donors (Lipinski definition) is 1. The van der Waals surface area contributed by atoms with E-state index in [0.717, 1.165) is 56.2 Å². The lowest BCUT2D eigenvalue weighted by molar-refractivity contribution is 0.110. The highest BCUT2D eigenvalue weighted by Crippen LogP contribution is 2.17. The number of hydrogen-bond acceptors (Lipinski definition) is 4. The Morgan fingerprint density at radius 1 is 1.39 bits per heavy atom. The van der Waals surface area contributed by atoms with Crippen molar-refractivity contribution in [2.24, 2.45) is 0 Å². The van der Waals surface area contributed by atoms with Gasteiger partial charge in [0.25, 0.3) is 0 Å². The Morgan fingerprint density at radius 2 is 2.28 bits per heavy atom. The van der Waals surface area contributed by atoms with E-state index in [2.05, 4.69) is 35.2 Å². The molecule has 1 aliphatic heterocycles. The van der Waals surface area contributed by atoms with Gasteiger partial charge in [0.15, 0.2) is 0 Å². The maximum atomic E-state index is 5.66. The van der Waals surface area contributed by atoms with E-state index >= 15 is 0 Å². The van der Waals surface area contributed by atoms with Crippen molar-refractivity contribution in [1.82, 2.24) is 9.97 Å². The van der Waals surface area contributed by atoms with Crippen molar-refractivity contribution in [1.29, 1.82) is 0 Å². The number of rotatable bonds is 6. The molecule has 1 N–H and O–H groups in total. The third-order valence-corrected chi connectivity index (χ3v) is 3.12. The first-order chi connectivity index (χ1) is 8.81. The molecule has 1 atom stereocenters. The summed E-state index contributed by atoms with van der Waals surface area (Å²) >= 11 is 0. The first-order valence-corrected chi connectivity index (χ1v) is 7.04. The molecule has 0 saturated carbocycles. The Hall–Kier alpha value is -1.16. The summed E-state index contributed by atoms with van der Waals surface area (Å²) in [6, 6.07) is 2.06. The molecule has 2 heterocycles. The first-order valence-electron chi connectivity index (χ1n) is 7.04. The molecule has 0 aromatic carbocycles. The smallest absolute Gasteiger partial charge is 0.133 e. The highest BCUT2D eigenvalue weighted by Gasteiger charge is 2.18. The zero-order chi connectivity index (χ0) is 12.8. The summed E-state index contributed by atoms with van der Waals surface area (Å²) in [6.45, 7) is 6.04. The molecule has 1 unspecified atom stereocenters. The van der Waals surface area contributed by atoms with E-state index in [1.807, 2.05) is 0 Å². The van der Waals surface area contributed by atoms with Crippen LogP contribution >= 0.6 is 0 Å². The van der Waals surface area contributed by atoms with Crippen molar-refractivity contribution < 1.29 is 4.74 Å². The topological polar surface area (TPSA) is 47.0 Å². The molecule has 18 heavy (non-hydrogen) atoms. The van der Waals surface area contributed by atoms with Gasteiger partial charge in [-0.2, -0.15) is 0 Å². The third kappa shape index (κ3) is 3.67. The summed E-state index contributed by atoms with van der Waals surface area (Å²) in [5.74, 6) is 1.87. The number of aryl methyl sites for hydroxylation is 1. The maximum absolute atomic E-state index is 5.66. The third-order valence-electron chi connectivity index (χ3n) is 3.12. The zero-order valence-electron chi connectivity index (χ0n) is 11.4. The van der Waals surface area contributed by atoms with Crippen LogP contribution in [0.4, 0.5) is 5.82 Å². The van der Waals surface area contributed by atoms with Crippen LogP contribution in [0.15, 0.2) is 6.07 Å². The summed E-state index contributed by atoms with van der Waals surface area (Å²) < 4.78 is 5.66. The quantitative estimate of drug-likeness (QED) is 0.841. The Kier molecular flexibility index (Phi) is 4.93. The fourth-order valence-electron chi connectivity index (χ4n) is 2.31.